The third-order valence-electron chi connectivity index (χ3n) is 3.69. The highest BCUT2D eigenvalue weighted by Gasteiger charge is 2.44. The molecule has 0 atom stereocenters. The third-order valence-corrected chi connectivity index (χ3v) is 3.69. The van der Waals surface area contributed by atoms with Gasteiger partial charge in [0.05, 0.1) is 13.1 Å². The zero-order valence-electron chi connectivity index (χ0n) is 8.44. The summed E-state index contributed by atoms with van der Waals surface area (Å²) in [6.45, 7) is 1.01. The molecular formula is C10H18F2N2. The van der Waals surface area contributed by atoms with E-state index in [-0.39, 0.29) is 6.54 Å². The minimum Gasteiger partial charge on any atom is -0.325 e. The molecule has 1 saturated carbocycles. The molecule has 2 nitrogen and oxygen atoms in total. The highest BCUT2D eigenvalue weighted by Crippen LogP contribution is 2.48. The summed E-state index contributed by atoms with van der Waals surface area (Å²) in [6, 6.07) is 0. The third kappa shape index (κ3) is 1.91. The van der Waals surface area contributed by atoms with Gasteiger partial charge in [-0.15, -0.1) is 0 Å². The molecule has 1 saturated heterocycles. The summed E-state index contributed by atoms with van der Waals surface area (Å²) in [5.74, 6) is -2.70. The van der Waals surface area contributed by atoms with Crippen molar-refractivity contribution in [2.24, 2.45) is 11.1 Å². The van der Waals surface area contributed by atoms with Gasteiger partial charge in [0.1, 0.15) is 0 Å². The van der Waals surface area contributed by atoms with Crippen molar-refractivity contribution in [1.82, 2.24) is 4.90 Å². The fourth-order valence-corrected chi connectivity index (χ4v) is 2.64. The Hall–Kier alpha value is -0.220. The monoisotopic (exact) mass is 204 g/mol. The van der Waals surface area contributed by atoms with Crippen molar-refractivity contribution in [1.29, 1.82) is 0 Å². The molecule has 82 valence electrons. The van der Waals surface area contributed by atoms with Gasteiger partial charge in [-0.2, -0.15) is 0 Å². The predicted octanol–water partition coefficient (Wildman–Crippen LogP) is 1.46. The van der Waals surface area contributed by atoms with Crippen LogP contribution in [0.1, 0.15) is 25.7 Å². The van der Waals surface area contributed by atoms with Gasteiger partial charge >= 0.3 is 0 Å². The van der Waals surface area contributed by atoms with Gasteiger partial charge in [0.15, 0.2) is 0 Å². The van der Waals surface area contributed by atoms with Crippen molar-refractivity contribution in [3.63, 3.8) is 0 Å². The summed E-state index contributed by atoms with van der Waals surface area (Å²) in [6.07, 6.45) is 4.85. The fourth-order valence-electron chi connectivity index (χ4n) is 2.64. The summed E-state index contributed by atoms with van der Waals surface area (Å²) in [5, 5.41) is 0. The molecular weight excluding hydrogens is 186 g/mol. The molecule has 2 fully saturated rings. The second-order valence-electron chi connectivity index (χ2n) is 4.87. The molecule has 4 heteroatoms. The molecule has 1 aliphatic heterocycles. The lowest BCUT2D eigenvalue weighted by atomic mass is 9.68. The Labute approximate surface area is 83.4 Å². The fraction of sp³-hybridized carbons (Fsp3) is 1.00. The molecule has 0 radical (unpaired) electrons. The highest BCUT2D eigenvalue weighted by atomic mass is 19.3. The number of alkyl halides is 2. The van der Waals surface area contributed by atoms with Crippen LogP contribution in [0.25, 0.3) is 0 Å². The zero-order valence-corrected chi connectivity index (χ0v) is 8.44. The number of nitrogens with zero attached hydrogens (tertiary/aromatic N) is 1. The van der Waals surface area contributed by atoms with Crippen molar-refractivity contribution in [2.75, 3.05) is 26.2 Å². The van der Waals surface area contributed by atoms with E-state index >= 15 is 0 Å². The lowest BCUT2D eigenvalue weighted by molar-refractivity contribution is -0.0226. The molecule has 0 aromatic carbocycles. The number of hydrogen-bond donors (Lipinski definition) is 1. The van der Waals surface area contributed by atoms with Gasteiger partial charge in [-0.05, 0) is 31.2 Å². The first kappa shape index (κ1) is 10.3. The maximum atomic E-state index is 13.0. The molecule has 14 heavy (non-hydrogen) atoms. The molecule has 2 N–H and O–H groups in total. The van der Waals surface area contributed by atoms with Crippen molar-refractivity contribution in [2.45, 2.75) is 31.6 Å². The molecule has 0 aromatic rings. The molecule has 2 rings (SSSR count). The number of nitrogens with two attached hydrogens (primary N) is 1. The van der Waals surface area contributed by atoms with Crippen LogP contribution in [0.3, 0.4) is 0 Å². The number of likely N-dealkylation sites (tertiary alicyclic amines) is 1. The van der Waals surface area contributed by atoms with Crippen LogP contribution >= 0.6 is 0 Å². The standard InChI is InChI=1S/C10H18F2N2/c11-10(12,6-13)8-14-5-4-9(7-14)2-1-3-9/h1-8,13H2. The molecule has 1 spiro atoms. The first-order valence-electron chi connectivity index (χ1n) is 5.36. The predicted molar refractivity (Wildman–Crippen MR) is 51.3 cm³/mol. The Balaban J connectivity index is 1.84. The summed E-state index contributed by atoms with van der Waals surface area (Å²) in [5.41, 5.74) is 5.43. The first-order valence-corrected chi connectivity index (χ1v) is 5.36. The van der Waals surface area contributed by atoms with Crippen LogP contribution in [-0.2, 0) is 0 Å². The Bertz CT molecular complexity index is 214. The van der Waals surface area contributed by atoms with E-state index in [2.05, 4.69) is 0 Å². The minimum atomic E-state index is -2.70. The van der Waals surface area contributed by atoms with Crippen LogP contribution in [0.5, 0.6) is 0 Å². The molecule has 0 bridgehead atoms. The summed E-state index contributed by atoms with van der Waals surface area (Å²) in [4.78, 5) is 1.88. The Morgan fingerprint density at radius 2 is 2.00 bits per heavy atom. The maximum absolute atomic E-state index is 13.0. The quantitative estimate of drug-likeness (QED) is 0.754. The van der Waals surface area contributed by atoms with Crippen LogP contribution in [0.15, 0.2) is 0 Å². The molecule has 1 aliphatic carbocycles. The second kappa shape index (κ2) is 3.42. The number of rotatable bonds is 3. The molecule has 0 unspecified atom stereocenters. The van der Waals surface area contributed by atoms with E-state index in [1.807, 2.05) is 4.90 Å². The van der Waals surface area contributed by atoms with Crippen LogP contribution in [0.2, 0.25) is 0 Å². The van der Waals surface area contributed by atoms with E-state index < -0.39 is 12.5 Å². The average molecular weight is 204 g/mol. The molecule has 1 heterocycles. The van der Waals surface area contributed by atoms with Gasteiger partial charge in [-0.1, -0.05) is 6.42 Å². The van der Waals surface area contributed by atoms with Crippen molar-refractivity contribution < 1.29 is 8.78 Å². The Kier molecular flexibility index (Phi) is 2.52. The topological polar surface area (TPSA) is 29.3 Å². The van der Waals surface area contributed by atoms with E-state index in [9.17, 15) is 8.78 Å². The number of halogens is 2. The van der Waals surface area contributed by atoms with Crippen LogP contribution in [-0.4, -0.2) is 37.0 Å². The van der Waals surface area contributed by atoms with E-state index in [1.165, 1.54) is 19.3 Å². The molecule has 0 amide bonds. The minimum absolute atomic E-state index is 0.148. The van der Waals surface area contributed by atoms with Gasteiger partial charge in [0.25, 0.3) is 5.92 Å². The van der Waals surface area contributed by atoms with E-state index in [1.54, 1.807) is 0 Å². The first-order chi connectivity index (χ1) is 6.55. The smallest absolute Gasteiger partial charge is 0.272 e. The maximum Gasteiger partial charge on any atom is 0.272 e. The Morgan fingerprint density at radius 3 is 2.43 bits per heavy atom. The largest absolute Gasteiger partial charge is 0.325 e. The summed E-state index contributed by atoms with van der Waals surface area (Å²) >= 11 is 0. The van der Waals surface area contributed by atoms with E-state index in [0.717, 1.165) is 19.5 Å². The summed E-state index contributed by atoms with van der Waals surface area (Å²) in [7, 11) is 0. The molecule has 0 aromatic heterocycles. The second-order valence-corrected chi connectivity index (χ2v) is 4.87. The van der Waals surface area contributed by atoms with Gasteiger partial charge < -0.3 is 5.73 Å². The van der Waals surface area contributed by atoms with Crippen LogP contribution < -0.4 is 5.73 Å². The van der Waals surface area contributed by atoms with E-state index in [0.29, 0.717) is 5.41 Å². The van der Waals surface area contributed by atoms with Gasteiger partial charge in [0, 0.05) is 6.54 Å². The lowest BCUT2D eigenvalue weighted by Gasteiger charge is -2.38. The average Bonchev–Trinajstić information content (AvgIpc) is 2.47. The van der Waals surface area contributed by atoms with Crippen LogP contribution in [0.4, 0.5) is 8.78 Å². The molecule has 2 aliphatic rings. The normalized spacial score (nSPS) is 26.8. The number of hydrogen-bond acceptors (Lipinski definition) is 2. The van der Waals surface area contributed by atoms with Crippen LogP contribution in [0, 0.1) is 5.41 Å². The SMILES string of the molecule is NCC(F)(F)CN1CCC2(CCC2)C1. The Morgan fingerprint density at radius 1 is 1.29 bits per heavy atom. The zero-order chi connectivity index (χ0) is 10.2. The van der Waals surface area contributed by atoms with Crippen molar-refractivity contribution in [3.8, 4) is 0 Å². The van der Waals surface area contributed by atoms with Gasteiger partial charge in [-0.25, -0.2) is 8.78 Å². The van der Waals surface area contributed by atoms with Gasteiger partial charge in [-0.3, -0.25) is 4.90 Å². The van der Waals surface area contributed by atoms with E-state index in [4.69, 9.17) is 5.73 Å². The van der Waals surface area contributed by atoms with Crippen molar-refractivity contribution >= 4 is 0 Å². The van der Waals surface area contributed by atoms with Crippen molar-refractivity contribution in [3.05, 3.63) is 0 Å². The lowest BCUT2D eigenvalue weighted by Crippen LogP contribution is -2.42. The highest BCUT2D eigenvalue weighted by molar-refractivity contribution is 4.96. The van der Waals surface area contributed by atoms with Gasteiger partial charge in [0.2, 0.25) is 0 Å². The summed E-state index contributed by atoms with van der Waals surface area (Å²) < 4.78 is 26.0.